The summed E-state index contributed by atoms with van der Waals surface area (Å²) in [5.41, 5.74) is 3.50. The van der Waals surface area contributed by atoms with Crippen LogP contribution < -0.4 is 0 Å². The third-order valence-corrected chi connectivity index (χ3v) is 4.55. The van der Waals surface area contributed by atoms with Crippen molar-refractivity contribution < 1.29 is 9.34 Å². The molecule has 0 atom stereocenters. The van der Waals surface area contributed by atoms with Crippen LogP contribution in [0.4, 0.5) is 11.6 Å². The third-order valence-electron chi connectivity index (χ3n) is 4.02. The van der Waals surface area contributed by atoms with Crippen molar-refractivity contribution in [3.8, 4) is 5.69 Å². The van der Waals surface area contributed by atoms with Gasteiger partial charge in [-0.3, -0.25) is 19.7 Å². The van der Waals surface area contributed by atoms with Crippen LogP contribution in [0.2, 0.25) is 0 Å². The van der Waals surface area contributed by atoms with Gasteiger partial charge in [0.2, 0.25) is 0 Å². The van der Waals surface area contributed by atoms with E-state index in [1.165, 1.54) is 18.3 Å². The van der Waals surface area contributed by atoms with Crippen molar-refractivity contribution in [3.63, 3.8) is 0 Å². The van der Waals surface area contributed by atoms with Gasteiger partial charge in [-0.15, -0.1) is 0 Å². The highest BCUT2D eigenvalue weighted by molar-refractivity contribution is 9.10. The Morgan fingerprint density at radius 1 is 1.19 bits per heavy atom. The maximum Gasteiger partial charge on any atom is 0.433 e. The molecule has 0 amide bonds. The lowest BCUT2D eigenvalue weighted by Crippen LogP contribution is -1.96. The highest BCUT2D eigenvalue weighted by Crippen LogP contribution is 2.26. The molecule has 0 saturated heterocycles. The molecule has 0 unspecified atom stereocenters. The van der Waals surface area contributed by atoms with E-state index in [1.54, 1.807) is 0 Å². The molecule has 4 aromatic rings. The molecule has 0 saturated carbocycles. The van der Waals surface area contributed by atoms with Crippen LogP contribution in [-0.2, 0) is 0 Å². The average molecular weight is 425 g/mol. The Morgan fingerprint density at radius 3 is 2.67 bits per heavy atom. The summed E-state index contributed by atoms with van der Waals surface area (Å²) in [5, 5.41) is 10.7. The first-order chi connectivity index (χ1) is 13.0. The maximum atomic E-state index is 10.7. The first kappa shape index (κ1) is 17.2. The van der Waals surface area contributed by atoms with E-state index in [0.717, 1.165) is 27.0 Å². The van der Waals surface area contributed by atoms with Gasteiger partial charge in [-0.05, 0) is 55.5 Å². The van der Waals surface area contributed by atoms with E-state index in [0.29, 0.717) is 11.4 Å². The lowest BCUT2D eigenvalue weighted by atomic mass is 10.2. The number of halogens is 1. The predicted octanol–water partition coefficient (Wildman–Crippen LogP) is 5.35. The molecular weight excluding hydrogens is 412 g/mol. The number of aromatic nitrogens is 2. The molecular formula is C19H13BrN4O3. The van der Waals surface area contributed by atoms with Gasteiger partial charge in [-0.2, -0.15) is 0 Å². The van der Waals surface area contributed by atoms with Crippen molar-refractivity contribution in [3.05, 3.63) is 80.8 Å². The number of benzene rings is 2. The summed E-state index contributed by atoms with van der Waals surface area (Å²) in [6.07, 6.45) is 1.45. The molecule has 0 spiro atoms. The minimum absolute atomic E-state index is 0.309. The number of furan rings is 1. The normalized spacial score (nSPS) is 11.5. The van der Waals surface area contributed by atoms with Crippen molar-refractivity contribution >= 4 is 44.7 Å². The van der Waals surface area contributed by atoms with Gasteiger partial charge >= 0.3 is 5.88 Å². The minimum Gasteiger partial charge on any atom is -0.400 e. The SMILES string of the molecule is Cc1nc2cc(N=Cc3ccc([N+](=O)[O-])o3)ccc2n1-c1ccc(Br)cc1. The molecule has 0 radical (unpaired) electrons. The average Bonchev–Trinajstić information content (AvgIpc) is 3.24. The Bertz CT molecular complexity index is 1180. The molecule has 4 rings (SSSR count). The molecule has 0 aliphatic rings. The Morgan fingerprint density at radius 2 is 1.96 bits per heavy atom. The molecule has 0 aliphatic carbocycles. The standard InChI is InChI=1S/C19H13BrN4O3/c1-12-22-17-10-14(21-11-16-7-9-19(27-16)24(25)26)4-8-18(17)23(12)15-5-2-13(20)3-6-15/h2-11H,1H3. The lowest BCUT2D eigenvalue weighted by Gasteiger charge is -2.07. The number of imidazole rings is 1. The van der Waals surface area contributed by atoms with Crippen molar-refractivity contribution in [2.45, 2.75) is 6.92 Å². The first-order valence-corrected chi connectivity index (χ1v) is 8.84. The highest BCUT2D eigenvalue weighted by atomic mass is 79.9. The van der Waals surface area contributed by atoms with Crippen molar-refractivity contribution in [2.75, 3.05) is 0 Å². The lowest BCUT2D eigenvalue weighted by molar-refractivity contribution is -0.402. The number of hydrogen-bond donors (Lipinski definition) is 0. The molecule has 2 heterocycles. The van der Waals surface area contributed by atoms with Crippen LogP contribution in [0, 0.1) is 17.0 Å². The monoisotopic (exact) mass is 424 g/mol. The Balaban J connectivity index is 1.67. The van der Waals surface area contributed by atoms with Crippen LogP contribution >= 0.6 is 15.9 Å². The minimum atomic E-state index is -0.582. The second-order valence-corrected chi connectivity index (χ2v) is 6.75. The fourth-order valence-corrected chi connectivity index (χ4v) is 3.10. The first-order valence-electron chi connectivity index (χ1n) is 8.04. The molecule has 0 aliphatic heterocycles. The number of rotatable bonds is 4. The summed E-state index contributed by atoms with van der Waals surface area (Å²) >= 11 is 3.45. The maximum absolute atomic E-state index is 10.7. The van der Waals surface area contributed by atoms with Crippen LogP contribution in [0.5, 0.6) is 0 Å². The molecule has 0 fully saturated rings. The zero-order valence-corrected chi connectivity index (χ0v) is 15.8. The fraction of sp³-hybridized carbons (Fsp3) is 0.0526. The van der Waals surface area contributed by atoms with E-state index in [1.807, 2.05) is 49.4 Å². The smallest absolute Gasteiger partial charge is 0.400 e. The number of hydrogen-bond acceptors (Lipinski definition) is 5. The fourth-order valence-electron chi connectivity index (χ4n) is 2.83. The van der Waals surface area contributed by atoms with Crippen LogP contribution in [0.3, 0.4) is 0 Å². The Kier molecular flexibility index (Phi) is 4.33. The van der Waals surface area contributed by atoms with E-state index in [9.17, 15) is 10.1 Å². The van der Waals surface area contributed by atoms with E-state index in [-0.39, 0.29) is 5.88 Å². The van der Waals surface area contributed by atoms with Crippen molar-refractivity contribution in [1.82, 2.24) is 9.55 Å². The van der Waals surface area contributed by atoms with Crippen LogP contribution in [0.15, 0.2) is 68.5 Å². The van der Waals surface area contributed by atoms with Gasteiger partial charge in [-0.25, -0.2) is 4.98 Å². The number of aliphatic imine (C=N–C) groups is 1. The molecule has 0 bridgehead atoms. The predicted molar refractivity (Wildman–Crippen MR) is 106 cm³/mol. The van der Waals surface area contributed by atoms with Gasteiger partial charge in [0.05, 0.1) is 29.0 Å². The largest absolute Gasteiger partial charge is 0.433 e. The zero-order chi connectivity index (χ0) is 19.0. The topological polar surface area (TPSA) is 86.5 Å². The third kappa shape index (κ3) is 3.39. The van der Waals surface area contributed by atoms with Gasteiger partial charge in [0, 0.05) is 10.2 Å². The van der Waals surface area contributed by atoms with E-state index >= 15 is 0 Å². The van der Waals surface area contributed by atoms with Crippen molar-refractivity contribution in [1.29, 1.82) is 0 Å². The molecule has 27 heavy (non-hydrogen) atoms. The molecule has 0 N–H and O–H groups in total. The van der Waals surface area contributed by atoms with E-state index < -0.39 is 4.92 Å². The number of aryl methyl sites for hydroxylation is 1. The molecule has 2 aromatic carbocycles. The number of nitro groups is 1. The quantitative estimate of drug-likeness (QED) is 0.251. The van der Waals surface area contributed by atoms with Crippen LogP contribution in [-0.4, -0.2) is 20.7 Å². The molecule has 134 valence electrons. The van der Waals surface area contributed by atoms with E-state index in [2.05, 4.69) is 30.5 Å². The van der Waals surface area contributed by atoms with Crippen molar-refractivity contribution in [2.24, 2.45) is 4.99 Å². The molecule has 8 heteroatoms. The second-order valence-electron chi connectivity index (χ2n) is 5.84. The van der Waals surface area contributed by atoms with Gasteiger partial charge in [-0.1, -0.05) is 15.9 Å². The van der Waals surface area contributed by atoms with Crippen LogP contribution in [0.25, 0.3) is 16.7 Å². The number of nitrogens with zero attached hydrogens (tertiary/aromatic N) is 4. The molecule has 7 nitrogen and oxygen atoms in total. The number of fused-ring (bicyclic) bond motifs is 1. The summed E-state index contributed by atoms with van der Waals surface area (Å²) < 4.78 is 8.16. The summed E-state index contributed by atoms with van der Waals surface area (Å²) in [6.45, 7) is 1.95. The molecule has 2 aromatic heterocycles. The van der Waals surface area contributed by atoms with Gasteiger partial charge < -0.3 is 4.42 Å². The summed E-state index contributed by atoms with van der Waals surface area (Å²) in [4.78, 5) is 19.0. The van der Waals surface area contributed by atoms with E-state index in [4.69, 9.17) is 4.42 Å². The summed E-state index contributed by atoms with van der Waals surface area (Å²) in [6, 6.07) is 16.5. The summed E-state index contributed by atoms with van der Waals surface area (Å²) in [7, 11) is 0. The zero-order valence-electron chi connectivity index (χ0n) is 14.2. The van der Waals surface area contributed by atoms with Gasteiger partial charge in [0.15, 0.2) is 5.76 Å². The second kappa shape index (κ2) is 6.81. The Labute approximate surface area is 162 Å². The van der Waals surface area contributed by atoms with Gasteiger partial charge in [0.25, 0.3) is 0 Å². The summed E-state index contributed by atoms with van der Waals surface area (Å²) in [5.74, 6) is 0.879. The van der Waals surface area contributed by atoms with Crippen LogP contribution in [0.1, 0.15) is 11.6 Å². The Hall–Kier alpha value is -3.26. The highest BCUT2D eigenvalue weighted by Gasteiger charge is 2.11. The van der Waals surface area contributed by atoms with Gasteiger partial charge in [0.1, 0.15) is 10.7 Å².